The predicted molar refractivity (Wildman–Crippen MR) is 135 cm³/mol. The van der Waals surface area contributed by atoms with Crippen LogP contribution in [-0.4, -0.2) is 13.0 Å². The molecule has 0 amide bonds. The van der Waals surface area contributed by atoms with Gasteiger partial charge in [-0.1, -0.05) is 59.6 Å². The Morgan fingerprint density at radius 2 is 1.37 bits per heavy atom. The van der Waals surface area contributed by atoms with E-state index in [0.717, 1.165) is 10.4 Å². The highest BCUT2D eigenvalue weighted by Crippen LogP contribution is 2.49. The molecule has 0 N–H and O–H groups in total. The van der Waals surface area contributed by atoms with Crippen molar-refractivity contribution in [3.05, 3.63) is 128 Å². The molecule has 5 rings (SSSR count). The molecule has 0 aliphatic carbocycles. The SMILES string of the molecule is Cc1ccc(F)c(S(=O)(=O)N2c3cccc(=O)n3C(c3ccc(Cl)cc3)C2c2ccc(Cl)cc2)c1. The maximum absolute atomic E-state index is 14.9. The van der Waals surface area contributed by atoms with E-state index in [1.54, 1.807) is 61.5 Å². The second kappa shape index (κ2) is 8.82. The topological polar surface area (TPSA) is 59.4 Å². The van der Waals surface area contributed by atoms with Gasteiger partial charge in [0, 0.05) is 16.1 Å². The molecule has 9 heteroatoms. The zero-order valence-corrected chi connectivity index (χ0v) is 20.7. The maximum atomic E-state index is 14.9. The van der Waals surface area contributed by atoms with Crippen molar-refractivity contribution in [3.63, 3.8) is 0 Å². The van der Waals surface area contributed by atoms with Gasteiger partial charge in [0.2, 0.25) is 0 Å². The van der Waals surface area contributed by atoms with Crippen molar-refractivity contribution in [1.82, 2.24) is 4.57 Å². The van der Waals surface area contributed by atoms with Crippen LogP contribution in [0.2, 0.25) is 10.0 Å². The largest absolute Gasteiger partial charge is 0.284 e. The third kappa shape index (κ3) is 4.03. The van der Waals surface area contributed by atoms with Crippen molar-refractivity contribution >= 4 is 39.0 Å². The van der Waals surface area contributed by atoms with Gasteiger partial charge in [0.25, 0.3) is 15.6 Å². The lowest BCUT2D eigenvalue weighted by Gasteiger charge is -2.29. The van der Waals surface area contributed by atoms with Gasteiger partial charge in [-0.15, -0.1) is 0 Å². The van der Waals surface area contributed by atoms with E-state index in [1.165, 1.54) is 28.8 Å². The number of nitrogens with zero attached hydrogens (tertiary/aromatic N) is 2. The van der Waals surface area contributed by atoms with Crippen LogP contribution < -0.4 is 9.86 Å². The molecule has 1 aliphatic rings. The van der Waals surface area contributed by atoms with Crippen LogP contribution in [0.4, 0.5) is 10.2 Å². The number of sulfonamides is 1. The Bertz CT molecular complexity index is 1590. The van der Waals surface area contributed by atoms with Crippen LogP contribution in [0.25, 0.3) is 0 Å². The molecule has 0 bridgehead atoms. The lowest BCUT2D eigenvalue weighted by atomic mass is 9.94. The minimum Gasteiger partial charge on any atom is -0.284 e. The van der Waals surface area contributed by atoms with E-state index in [4.69, 9.17) is 23.2 Å². The number of anilines is 1. The summed E-state index contributed by atoms with van der Waals surface area (Å²) < 4.78 is 45.6. The van der Waals surface area contributed by atoms with Gasteiger partial charge < -0.3 is 0 Å². The molecule has 0 radical (unpaired) electrons. The van der Waals surface area contributed by atoms with E-state index in [0.29, 0.717) is 26.7 Å². The molecule has 4 aromatic rings. The first kappa shape index (κ1) is 23.6. The Labute approximate surface area is 212 Å². The van der Waals surface area contributed by atoms with Crippen molar-refractivity contribution in [2.75, 3.05) is 4.31 Å². The second-order valence-electron chi connectivity index (χ2n) is 8.32. The molecule has 2 unspecified atom stereocenters. The van der Waals surface area contributed by atoms with Crippen LogP contribution >= 0.6 is 23.2 Å². The summed E-state index contributed by atoms with van der Waals surface area (Å²) in [7, 11) is -4.44. The summed E-state index contributed by atoms with van der Waals surface area (Å²) in [5.41, 5.74) is 1.47. The summed E-state index contributed by atoms with van der Waals surface area (Å²) in [4.78, 5) is 12.7. The molecule has 0 saturated heterocycles. The van der Waals surface area contributed by atoms with Gasteiger partial charge in [-0.3, -0.25) is 9.36 Å². The highest BCUT2D eigenvalue weighted by atomic mass is 35.5. The molecule has 178 valence electrons. The molecule has 1 aliphatic heterocycles. The Kier molecular flexibility index (Phi) is 5.95. The average Bonchev–Trinajstić information content (AvgIpc) is 3.19. The summed E-state index contributed by atoms with van der Waals surface area (Å²) in [6.45, 7) is 1.69. The van der Waals surface area contributed by atoms with Gasteiger partial charge in [0.1, 0.15) is 16.5 Å². The summed E-state index contributed by atoms with van der Waals surface area (Å²) in [5, 5.41) is 0.977. The number of rotatable bonds is 4. The third-order valence-corrected chi connectivity index (χ3v) is 8.38. The molecular formula is C26H19Cl2FN2O3S. The standard InChI is InChI=1S/C26H19Cl2FN2O3S/c1-16-5-14-21(29)22(15-16)35(33,34)31-23-3-2-4-24(32)30(23)25(17-6-10-19(27)11-7-17)26(31)18-8-12-20(28)13-9-18/h2-15,25-26H,1H3. The van der Waals surface area contributed by atoms with Crippen molar-refractivity contribution < 1.29 is 12.8 Å². The smallest absolute Gasteiger partial charge is 0.269 e. The van der Waals surface area contributed by atoms with Gasteiger partial charge in [0.05, 0.1) is 12.1 Å². The van der Waals surface area contributed by atoms with E-state index in [1.807, 2.05) is 0 Å². The number of pyridine rings is 1. The highest BCUT2D eigenvalue weighted by molar-refractivity contribution is 7.92. The zero-order valence-electron chi connectivity index (χ0n) is 18.4. The molecule has 0 saturated carbocycles. The normalized spacial score (nSPS) is 17.4. The lowest BCUT2D eigenvalue weighted by molar-refractivity contribution is 0.525. The third-order valence-electron chi connectivity index (χ3n) is 6.07. The van der Waals surface area contributed by atoms with E-state index < -0.39 is 32.8 Å². The van der Waals surface area contributed by atoms with Crippen LogP contribution in [0.1, 0.15) is 28.8 Å². The molecule has 0 fully saturated rings. The minimum absolute atomic E-state index is 0.137. The molecule has 35 heavy (non-hydrogen) atoms. The first-order valence-electron chi connectivity index (χ1n) is 10.7. The summed E-state index contributed by atoms with van der Waals surface area (Å²) in [6, 6.07) is 20.3. The fraction of sp³-hybridized carbons (Fsp3) is 0.115. The van der Waals surface area contributed by atoms with Crippen LogP contribution in [0.3, 0.4) is 0 Å². The number of aryl methyl sites for hydroxylation is 1. The fourth-order valence-corrected chi connectivity index (χ4v) is 6.56. The van der Waals surface area contributed by atoms with Gasteiger partial charge in [-0.05, 0) is 66.1 Å². The second-order valence-corrected chi connectivity index (χ2v) is 11.0. The summed E-state index contributed by atoms with van der Waals surface area (Å²) in [6.07, 6.45) is 0. The van der Waals surface area contributed by atoms with Gasteiger partial charge in [0.15, 0.2) is 0 Å². The molecule has 2 heterocycles. The van der Waals surface area contributed by atoms with Crippen molar-refractivity contribution in [2.45, 2.75) is 23.9 Å². The Hall–Kier alpha value is -3.13. The van der Waals surface area contributed by atoms with Crippen molar-refractivity contribution in [1.29, 1.82) is 0 Å². The Morgan fingerprint density at radius 1 is 0.800 bits per heavy atom. The molecule has 1 aromatic heterocycles. The van der Waals surface area contributed by atoms with Gasteiger partial charge in [-0.25, -0.2) is 17.1 Å². The highest BCUT2D eigenvalue weighted by Gasteiger charge is 2.47. The summed E-state index contributed by atoms with van der Waals surface area (Å²) in [5.74, 6) is -0.733. The molecule has 2 atom stereocenters. The Balaban J connectivity index is 1.83. The van der Waals surface area contributed by atoms with E-state index >= 15 is 0 Å². The van der Waals surface area contributed by atoms with Crippen LogP contribution in [-0.2, 0) is 10.0 Å². The molecule has 0 spiro atoms. The van der Waals surface area contributed by atoms with Crippen LogP contribution in [0, 0.1) is 12.7 Å². The van der Waals surface area contributed by atoms with Gasteiger partial charge >= 0.3 is 0 Å². The van der Waals surface area contributed by atoms with E-state index in [-0.39, 0.29) is 11.4 Å². The molecule has 3 aromatic carbocycles. The van der Waals surface area contributed by atoms with Crippen LogP contribution in [0.15, 0.2) is 94.6 Å². The molecular weight excluding hydrogens is 510 g/mol. The number of fused-ring (bicyclic) bond motifs is 1. The number of hydrogen-bond donors (Lipinski definition) is 0. The number of benzene rings is 3. The number of aromatic nitrogens is 1. The van der Waals surface area contributed by atoms with E-state index in [2.05, 4.69) is 0 Å². The number of hydrogen-bond acceptors (Lipinski definition) is 3. The molecule has 5 nitrogen and oxygen atoms in total. The lowest BCUT2D eigenvalue weighted by Crippen LogP contribution is -2.34. The van der Waals surface area contributed by atoms with Crippen molar-refractivity contribution in [3.8, 4) is 0 Å². The number of halogens is 3. The maximum Gasteiger partial charge on any atom is 0.269 e. The minimum atomic E-state index is -4.44. The average molecular weight is 529 g/mol. The Morgan fingerprint density at radius 3 is 1.97 bits per heavy atom. The predicted octanol–water partition coefficient (Wildman–Crippen LogP) is 6.14. The van der Waals surface area contributed by atoms with Crippen molar-refractivity contribution in [2.24, 2.45) is 0 Å². The monoisotopic (exact) mass is 528 g/mol. The fourth-order valence-electron chi connectivity index (χ4n) is 4.52. The first-order valence-corrected chi connectivity index (χ1v) is 12.9. The summed E-state index contributed by atoms with van der Waals surface area (Å²) >= 11 is 12.2. The first-order chi connectivity index (χ1) is 16.7. The van der Waals surface area contributed by atoms with Gasteiger partial charge in [-0.2, -0.15) is 0 Å². The van der Waals surface area contributed by atoms with Crippen LogP contribution in [0.5, 0.6) is 0 Å². The van der Waals surface area contributed by atoms with E-state index in [9.17, 15) is 17.6 Å². The zero-order chi connectivity index (χ0) is 24.9. The quantitative estimate of drug-likeness (QED) is 0.319.